The Labute approximate surface area is 79.9 Å². The lowest BCUT2D eigenvalue weighted by molar-refractivity contribution is -0.131. The molecule has 0 radical (unpaired) electrons. The van der Waals surface area contributed by atoms with Gasteiger partial charge in [-0.15, -0.1) is 0 Å². The highest BCUT2D eigenvalue weighted by Crippen LogP contribution is 2.23. The molecule has 0 saturated carbocycles. The number of aliphatic hydroxyl groups excluding tert-OH is 2. The van der Waals surface area contributed by atoms with Gasteiger partial charge in [0.1, 0.15) is 17.5 Å². The van der Waals surface area contributed by atoms with Gasteiger partial charge < -0.3 is 20.4 Å². The highest BCUT2D eigenvalue weighted by molar-refractivity contribution is 5.80. The summed E-state index contributed by atoms with van der Waals surface area (Å²) in [6.07, 6.45) is 3.80. The molecule has 0 spiro atoms. The van der Waals surface area contributed by atoms with Crippen molar-refractivity contribution in [1.29, 1.82) is 0 Å². The topological polar surface area (TPSA) is 98.0 Å². The molecule has 0 aromatic heterocycles. The van der Waals surface area contributed by atoms with Crippen LogP contribution in [0.1, 0.15) is 0 Å². The normalized spacial score (nSPS) is 31.9. The smallest absolute Gasteiger partial charge is 0.328 e. The first-order valence-corrected chi connectivity index (χ1v) is 3.87. The lowest BCUT2D eigenvalue weighted by Crippen LogP contribution is -2.41. The zero-order chi connectivity index (χ0) is 10.8. The van der Waals surface area contributed by atoms with Gasteiger partial charge in [0, 0.05) is 6.08 Å². The Balaban J connectivity index is 2.91. The molecule has 2 unspecified atom stereocenters. The summed E-state index contributed by atoms with van der Waals surface area (Å²) in [6.45, 7) is 0. The van der Waals surface area contributed by atoms with Gasteiger partial charge >= 0.3 is 5.97 Å². The monoisotopic (exact) mass is 198 g/mol. The van der Waals surface area contributed by atoms with E-state index in [9.17, 15) is 15.0 Å². The molecule has 14 heavy (non-hydrogen) atoms. The largest absolute Gasteiger partial charge is 0.509 e. The molecule has 2 atom stereocenters. The van der Waals surface area contributed by atoms with Crippen LogP contribution in [0, 0.1) is 0 Å². The zero-order valence-electron chi connectivity index (χ0n) is 7.16. The Morgan fingerprint density at radius 3 is 2.79 bits per heavy atom. The summed E-state index contributed by atoms with van der Waals surface area (Å²) in [5.74, 6) is -1.65. The van der Waals surface area contributed by atoms with Crippen molar-refractivity contribution < 1.29 is 25.2 Å². The Morgan fingerprint density at radius 2 is 2.21 bits per heavy atom. The van der Waals surface area contributed by atoms with Crippen molar-refractivity contribution >= 4 is 5.97 Å². The van der Waals surface area contributed by atoms with Gasteiger partial charge in [0.25, 0.3) is 0 Å². The van der Waals surface area contributed by atoms with Crippen molar-refractivity contribution in [2.45, 2.75) is 11.7 Å². The van der Waals surface area contributed by atoms with Crippen LogP contribution in [0.5, 0.6) is 0 Å². The van der Waals surface area contributed by atoms with Crippen LogP contribution in [-0.4, -0.2) is 38.1 Å². The lowest BCUT2D eigenvalue weighted by atomic mass is 9.90. The number of carboxylic acids is 1. The molecule has 0 bridgehead atoms. The maximum Gasteiger partial charge on any atom is 0.328 e. The van der Waals surface area contributed by atoms with E-state index in [-0.39, 0.29) is 0 Å². The Bertz CT molecular complexity index is 328. The third-order valence-corrected chi connectivity index (χ3v) is 1.84. The zero-order valence-corrected chi connectivity index (χ0v) is 7.16. The second kappa shape index (κ2) is 3.65. The molecule has 0 aliphatic heterocycles. The van der Waals surface area contributed by atoms with E-state index in [2.05, 4.69) is 0 Å². The first kappa shape index (κ1) is 10.5. The van der Waals surface area contributed by atoms with Crippen molar-refractivity contribution in [3.05, 3.63) is 36.1 Å². The fourth-order valence-corrected chi connectivity index (χ4v) is 1.07. The molecule has 76 valence electrons. The van der Waals surface area contributed by atoms with Gasteiger partial charge in [-0.1, -0.05) is 6.08 Å². The van der Waals surface area contributed by atoms with Crippen LogP contribution in [0.15, 0.2) is 36.1 Å². The summed E-state index contributed by atoms with van der Waals surface area (Å²) in [7, 11) is 0. The van der Waals surface area contributed by atoms with Gasteiger partial charge in [0.05, 0.1) is 0 Å². The van der Waals surface area contributed by atoms with E-state index < -0.39 is 23.4 Å². The van der Waals surface area contributed by atoms with Gasteiger partial charge in [-0.05, 0) is 18.2 Å². The van der Waals surface area contributed by atoms with Crippen molar-refractivity contribution in [1.82, 2.24) is 0 Å². The quantitative estimate of drug-likeness (QED) is 0.458. The SMILES string of the molecule is O=C(O)C=CC1(O)C=CC=C(O)C1O. The van der Waals surface area contributed by atoms with Gasteiger partial charge in [-0.3, -0.25) is 0 Å². The van der Waals surface area contributed by atoms with Crippen LogP contribution in [0.2, 0.25) is 0 Å². The van der Waals surface area contributed by atoms with Crippen LogP contribution >= 0.6 is 0 Å². The number of allylic oxidation sites excluding steroid dienone is 2. The maximum absolute atomic E-state index is 10.2. The molecular formula is C9H10O5. The van der Waals surface area contributed by atoms with E-state index in [1.165, 1.54) is 18.2 Å². The number of carboxylic acid groups (broad SMARTS) is 1. The lowest BCUT2D eigenvalue weighted by Gasteiger charge is -2.28. The van der Waals surface area contributed by atoms with Crippen LogP contribution in [0.25, 0.3) is 0 Å². The second-order valence-electron chi connectivity index (χ2n) is 2.91. The molecule has 0 aromatic carbocycles. The minimum absolute atomic E-state index is 0.412. The molecule has 1 aliphatic rings. The van der Waals surface area contributed by atoms with Gasteiger partial charge in [-0.2, -0.15) is 0 Å². The van der Waals surface area contributed by atoms with Crippen molar-refractivity contribution in [2.24, 2.45) is 0 Å². The average Bonchev–Trinajstić information content (AvgIpc) is 2.11. The number of aliphatic hydroxyl groups is 3. The first-order chi connectivity index (χ1) is 6.46. The molecule has 0 saturated heterocycles. The number of hydrogen-bond donors (Lipinski definition) is 4. The number of hydrogen-bond acceptors (Lipinski definition) is 4. The highest BCUT2D eigenvalue weighted by Gasteiger charge is 2.35. The fourth-order valence-electron chi connectivity index (χ4n) is 1.07. The maximum atomic E-state index is 10.2. The number of carbonyl (C=O) groups is 1. The van der Waals surface area contributed by atoms with E-state index in [0.717, 1.165) is 6.08 Å². The predicted molar refractivity (Wildman–Crippen MR) is 47.6 cm³/mol. The minimum atomic E-state index is -1.86. The summed E-state index contributed by atoms with van der Waals surface area (Å²) in [4.78, 5) is 10.2. The molecule has 5 nitrogen and oxygen atoms in total. The molecule has 5 heteroatoms. The first-order valence-electron chi connectivity index (χ1n) is 3.87. The van der Waals surface area contributed by atoms with E-state index >= 15 is 0 Å². The summed E-state index contributed by atoms with van der Waals surface area (Å²) in [5.41, 5.74) is -1.86. The van der Waals surface area contributed by atoms with Crippen molar-refractivity contribution in [2.75, 3.05) is 0 Å². The summed E-state index contributed by atoms with van der Waals surface area (Å²) in [5, 5.41) is 36.4. The summed E-state index contributed by atoms with van der Waals surface area (Å²) >= 11 is 0. The predicted octanol–water partition coefficient (Wildman–Crippen LogP) is -0.269. The second-order valence-corrected chi connectivity index (χ2v) is 2.91. The molecule has 0 aromatic rings. The van der Waals surface area contributed by atoms with Crippen LogP contribution in [0.4, 0.5) is 0 Å². The molecular weight excluding hydrogens is 188 g/mol. The van der Waals surface area contributed by atoms with Crippen LogP contribution < -0.4 is 0 Å². The number of rotatable bonds is 2. The minimum Gasteiger partial charge on any atom is -0.509 e. The van der Waals surface area contributed by atoms with Crippen molar-refractivity contribution in [3.8, 4) is 0 Å². The van der Waals surface area contributed by atoms with E-state index in [4.69, 9.17) is 10.2 Å². The average molecular weight is 198 g/mol. The van der Waals surface area contributed by atoms with Crippen molar-refractivity contribution in [3.63, 3.8) is 0 Å². The van der Waals surface area contributed by atoms with Gasteiger partial charge in [0.15, 0.2) is 0 Å². The molecule has 0 fully saturated rings. The van der Waals surface area contributed by atoms with Crippen LogP contribution in [-0.2, 0) is 4.79 Å². The Kier molecular flexibility index (Phi) is 2.73. The van der Waals surface area contributed by atoms with Gasteiger partial charge in [0.2, 0.25) is 0 Å². The summed E-state index contributed by atoms with van der Waals surface area (Å²) in [6, 6.07) is 0. The molecule has 4 N–H and O–H groups in total. The van der Waals surface area contributed by atoms with Gasteiger partial charge in [-0.25, -0.2) is 4.79 Å². The summed E-state index contributed by atoms with van der Waals surface area (Å²) < 4.78 is 0. The standard InChI is InChI=1S/C9H10O5/c10-6-2-1-4-9(14,8(6)13)5-3-7(11)12/h1-5,8,10,13-14H,(H,11,12). The Hall–Kier alpha value is -1.59. The molecule has 1 aliphatic carbocycles. The third kappa shape index (κ3) is 2.01. The molecule has 0 amide bonds. The molecule has 1 rings (SSSR count). The molecule has 0 heterocycles. The van der Waals surface area contributed by atoms with E-state index in [1.54, 1.807) is 0 Å². The third-order valence-electron chi connectivity index (χ3n) is 1.84. The van der Waals surface area contributed by atoms with E-state index in [1.807, 2.05) is 0 Å². The fraction of sp³-hybridized carbons (Fsp3) is 0.222. The van der Waals surface area contributed by atoms with Crippen LogP contribution in [0.3, 0.4) is 0 Å². The Morgan fingerprint density at radius 1 is 1.57 bits per heavy atom. The number of aliphatic carboxylic acids is 1. The van der Waals surface area contributed by atoms with E-state index in [0.29, 0.717) is 6.08 Å². The highest BCUT2D eigenvalue weighted by atomic mass is 16.4.